The molecule has 0 aliphatic heterocycles. The smallest absolute Gasteiger partial charge is 0.00110 e. The Labute approximate surface area is 112 Å². The highest BCUT2D eigenvalue weighted by Crippen LogP contribution is 2.47. The number of rotatable bonds is 7. The monoisotopic (exact) mass is 245 g/mol. The topological polar surface area (TPSA) is 12.0 Å². The first kappa shape index (κ1) is 13.6. The van der Waals surface area contributed by atoms with E-state index in [0.29, 0.717) is 11.3 Å². The average Bonchev–Trinajstić information content (AvgIpc) is 3.10. The van der Waals surface area contributed by atoms with E-state index < -0.39 is 0 Å². The van der Waals surface area contributed by atoms with Crippen molar-refractivity contribution < 1.29 is 0 Å². The van der Waals surface area contributed by atoms with Crippen molar-refractivity contribution in [2.45, 2.75) is 52.4 Å². The van der Waals surface area contributed by atoms with E-state index in [4.69, 9.17) is 0 Å². The summed E-state index contributed by atoms with van der Waals surface area (Å²) in [6.07, 6.45) is 5.28. The molecule has 1 aliphatic carbocycles. The molecule has 1 fully saturated rings. The molecule has 1 heteroatoms. The highest BCUT2D eigenvalue weighted by molar-refractivity contribution is 5.26. The van der Waals surface area contributed by atoms with Gasteiger partial charge in [0.2, 0.25) is 0 Å². The van der Waals surface area contributed by atoms with E-state index in [1.165, 1.54) is 43.4 Å². The van der Waals surface area contributed by atoms with Gasteiger partial charge in [-0.25, -0.2) is 0 Å². The maximum Gasteiger partial charge on any atom is 0.00110 e. The molecule has 1 saturated carbocycles. The summed E-state index contributed by atoms with van der Waals surface area (Å²) in [5, 5.41) is 3.59. The molecule has 1 aromatic carbocycles. The van der Waals surface area contributed by atoms with Crippen LogP contribution >= 0.6 is 0 Å². The lowest BCUT2D eigenvalue weighted by molar-refractivity contribution is 0.455. The summed E-state index contributed by atoms with van der Waals surface area (Å²) in [6, 6.07) is 9.26. The molecule has 0 aromatic heterocycles. The number of hydrogen-bond acceptors (Lipinski definition) is 1. The molecule has 2 rings (SSSR count). The molecule has 0 unspecified atom stereocenters. The van der Waals surface area contributed by atoms with Gasteiger partial charge in [0.1, 0.15) is 0 Å². The molecule has 0 saturated heterocycles. The Morgan fingerprint density at radius 1 is 1.17 bits per heavy atom. The Morgan fingerprint density at radius 3 is 2.33 bits per heavy atom. The van der Waals surface area contributed by atoms with Crippen LogP contribution in [-0.2, 0) is 6.42 Å². The van der Waals surface area contributed by atoms with Crippen molar-refractivity contribution in [1.29, 1.82) is 0 Å². The van der Waals surface area contributed by atoms with E-state index >= 15 is 0 Å². The van der Waals surface area contributed by atoms with Crippen LogP contribution in [0.2, 0.25) is 0 Å². The molecule has 100 valence electrons. The third-order valence-electron chi connectivity index (χ3n) is 4.11. The summed E-state index contributed by atoms with van der Waals surface area (Å²) in [7, 11) is 0. The molecule has 1 N–H and O–H groups in total. The fourth-order valence-electron chi connectivity index (χ4n) is 2.58. The van der Waals surface area contributed by atoms with Gasteiger partial charge in [-0.1, -0.05) is 45.0 Å². The van der Waals surface area contributed by atoms with Crippen LogP contribution in [0.1, 0.15) is 57.1 Å². The highest BCUT2D eigenvalue weighted by Gasteiger charge is 2.41. The quantitative estimate of drug-likeness (QED) is 0.712. The number of nitrogens with one attached hydrogen (secondary N) is 1. The van der Waals surface area contributed by atoms with Gasteiger partial charge in [0.15, 0.2) is 0 Å². The van der Waals surface area contributed by atoms with Crippen LogP contribution in [-0.4, -0.2) is 13.1 Å². The van der Waals surface area contributed by atoms with E-state index in [2.05, 4.69) is 50.4 Å². The van der Waals surface area contributed by atoms with Crippen molar-refractivity contribution in [1.82, 2.24) is 5.32 Å². The lowest BCUT2D eigenvalue weighted by Gasteiger charge is -2.16. The van der Waals surface area contributed by atoms with Gasteiger partial charge in [0, 0.05) is 6.54 Å². The van der Waals surface area contributed by atoms with Crippen molar-refractivity contribution in [3.05, 3.63) is 35.4 Å². The standard InChI is InChI=1S/C17H27N/c1-4-11-18-13-17(9-10-17)12-15-5-7-16(8-6-15)14(2)3/h5-8,14,18H,4,9-13H2,1-3H3. The van der Waals surface area contributed by atoms with Crippen LogP contribution in [0.5, 0.6) is 0 Å². The predicted molar refractivity (Wildman–Crippen MR) is 79.1 cm³/mol. The Bertz CT molecular complexity index is 360. The van der Waals surface area contributed by atoms with Crippen LogP contribution in [0.25, 0.3) is 0 Å². The van der Waals surface area contributed by atoms with Crippen LogP contribution in [0.3, 0.4) is 0 Å². The minimum absolute atomic E-state index is 0.578. The SMILES string of the molecule is CCCNCC1(Cc2ccc(C(C)C)cc2)CC1. The molecular formula is C17H27N. The molecular weight excluding hydrogens is 218 g/mol. The average molecular weight is 245 g/mol. The molecule has 0 heterocycles. The number of hydrogen-bond donors (Lipinski definition) is 1. The molecule has 1 aromatic rings. The largest absolute Gasteiger partial charge is 0.316 e. The first-order valence-corrected chi connectivity index (χ1v) is 7.45. The molecule has 1 aliphatic rings. The second-order valence-electron chi connectivity index (χ2n) is 6.25. The maximum atomic E-state index is 3.59. The highest BCUT2D eigenvalue weighted by atomic mass is 14.9. The van der Waals surface area contributed by atoms with Crippen LogP contribution < -0.4 is 5.32 Å². The molecule has 1 nitrogen and oxygen atoms in total. The lowest BCUT2D eigenvalue weighted by Crippen LogP contribution is -2.26. The Morgan fingerprint density at radius 2 is 1.83 bits per heavy atom. The fourth-order valence-corrected chi connectivity index (χ4v) is 2.58. The summed E-state index contributed by atoms with van der Waals surface area (Å²) >= 11 is 0. The number of benzene rings is 1. The van der Waals surface area contributed by atoms with Gasteiger partial charge in [0.05, 0.1) is 0 Å². The second-order valence-corrected chi connectivity index (χ2v) is 6.25. The predicted octanol–water partition coefficient (Wildman–Crippen LogP) is 4.13. The molecule has 0 spiro atoms. The molecule has 0 amide bonds. The van der Waals surface area contributed by atoms with E-state index in [1.807, 2.05) is 0 Å². The van der Waals surface area contributed by atoms with Gasteiger partial charge in [-0.3, -0.25) is 0 Å². The molecule has 0 atom stereocenters. The first-order chi connectivity index (χ1) is 8.65. The first-order valence-electron chi connectivity index (χ1n) is 7.45. The molecule has 0 bridgehead atoms. The van der Waals surface area contributed by atoms with Gasteiger partial charge in [-0.15, -0.1) is 0 Å². The minimum Gasteiger partial charge on any atom is -0.316 e. The van der Waals surface area contributed by atoms with Crippen molar-refractivity contribution in [2.75, 3.05) is 13.1 Å². The third kappa shape index (κ3) is 3.58. The van der Waals surface area contributed by atoms with E-state index in [0.717, 1.165) is 6.54 Å². The summed E-state index contributed by atoms with van der Waals surface area (Å²) in [6.45, 7) is 9.11. The summed E-state index contributed by atoms with van der Waals surface area (Å²) in [5.74, 6) is 0.639. The van der Waals surface area contributed by atoms with Gasteiger partial charge in [0.25, 0.3) is 0 Å². The van der Waals surface area contributed by atoms with Crippen molar-refractivity contribution in [3.8, 4) is 0 Å². The van der Waals surface area contributed by atoms with Crippen molar-refractivity contribution >= 4 is 0 Å². The van der Waals surface area contributed by atoms with E-state index in [-0.39, 0.29) is 0 Å². The second kappa shape index (κ2) is 5.88. The van der Waals surface area contributed by atoms with Gasteiger partial charge < -0.3 is 5.32 Å². The summed E-state index contributed by atoms with van der Waals surface area (Å²) in [4.78, 5) is 0. The van der Waals surface area contributed by atoms with Crippen LogP contribution in [0.15, 0.2) is 24.3 Å². The Kier molecular flexibility index (Phi) is 4.45. The zero-order chi connectivity index (χ0) is 13.0. The third-order valence-corrected chi connectivity index (χ3v) is 4.11. The Balaban J connectivity index is 1.89. The van der Waals surface area contributed by atoms with Crippen LogP contribution in [0.4, 0.5) is 0 Å². The van der Waals surface area contributed by atoms with Gasteiger partial charge >= 0.3 is 0 Å². The summed E-state index contributed by atoms with van der Waals surface area (Å²) in [5.41, 5.74) is 3.54. The fraction of sp³-hybridized carbons (Fsp3) is 0.647. The zero-order valence-corrected chi connectivity index (χ0v) is 12.1. The normalized spacial score (nSPS) is 17.1. The van der Waals surface area contributed by atoms with Gasteiger partial charge in [-0.2, -0.15) is 0 Å². The lowest BCUT2D eigenvalue weighted by atomic mass is 9.94. The van der Waals surface area contributed by atoms with Gasteiger partial charge in [-0.05, 0) is 54.7 Å². The maximum absolute atomic E-state index is 3.59. The van der Waals surface area contributed by atoms with Crippen molar-refractivity contribution in [3.63, 3.8) is 0 Å². The van der Waals surface area contributed by atoms with Crippen LogP contribution in [0, 0.1) is 5.41 Å². The molecule has 0 radical (unpaired) electrons. The summed E-state index contributed by atoms with van der Waals surface area (Å²) < 4.78 is 0. The van der Waals surface area contributed by atoms with E-state index in [1.54, 1.807) is 0 Å². The Hall–Kier alpha value is -0.820. The minimum atomic E-state index is 0.578. The zero-order valence-electron chi connectivity index (χ0n) is 12.1. The van der Waals surface area contributed by atoms with E-state index in [9.17, 15) is 0 Å². The van der Waals surface area contributed by atoms with Crippen molar-refractivity contribution in [2.24, 2.45) is 5.41 Å². The molecule has 18 heavy (non-hydrogen) atoms.